The van der Waals surface area contributed by atoms with Crippen molar-refractivity contribution >= 4 is 23.3 Å². The van der Waals surface area contributed by atoms with Crippen LogP contribution in [0.4, 0.5) is 13.2 Å². The first-order valence-electron chi connectivity index (χ1n) is 13.3. The van der Waals surface area contributed by atoms with E-state index >= 15 is 0 Å². The maximum Gasteiger partial charge on any atom is 0.416 e. The van der Waals surface area contributed by atoms with Gasteiger partial charge < -0.3 is 14.1 Å². The molecule has 2 aromatic heterocycles. The molecule has 218 valence electrons. The molecule has 1 amide bonds. The van der Waals surface area contributed by atoms with Crippen LogP contribution in [-0.2, 0) is 11.0 Å². The zero-order valence-electron chi connectivity index (χ0n) is 23.4. The minimum absolute atomic E-state index is 0.219. The highest BCUT2D eigenvalue weighted by Crippen LogP contribution is 2.36. The fourth-order valence-corrected chi connectivity index (χ4v) is 6.05. The topological polar surface area (TPSA) is 77.0 Å². The molecule has 3 heterocycles. The number of furan rings is 1. The summed E-state index contributed by atoms with van der Waals surface area (Å²) in [7, 11) is 1.53. The molecule has 4 aromatic rings. The number of fused-ring (bicyclic) bond motifs is 1. The number of allylic oxidation sites excluding steroid dienone is 1. The Bertz CT molecular complexity index is 1860. The summed E-state index contributed by atoms with van der Waals surface area (Å²) in [5, 5.41) is 0. The number of methoxy groups -OCH3 is 1. The van der Waals surface area contributed by atoms with Crippen molar-refractivity contribution in [3.05, 3.63) is 109 Å². The Hall–Kier alpha value is -4.38. The third kappa shape index (κ3) is 5.32. The quantitative estimate of drug-likeness (QED) is 0.287. The molecule has 0 saturated heterocycles. The Morgan fingerprint density at radius 2 is 1.86 bits per heavy atom. The Labute approximate surface area is 243 Å². The lowest BCUT2D eigenvalue weighted by molar-refractivity contribution is -0.137. The number of rotatable bonds is 7. The fourth-order valence-electron chi connectivity index (χ4n) is 5.03. The second kappa shape index (κ2) is 11.5. The summed E-state index contributed by atoms with van der Waals surface area (Å²) >= 11 is 1.14. The molecular formula is C31H28F3N3O4S. The molecule has 0 unspecified atom stereocenters. The van der Waals surface area contributed by atoms with Gasteiger partial charge in [-0.2, -0.15) is 13.2 Å². The van der Waals surface area contributed by atoms with E-state index in [9.17, 15) is 22.8 Å². The lowest BCUT2D eigenvalue weighted by Crippen LogP contribution is -2.43. The van der Waals surface area contributed by atoms with Crippen molar-refractivity contribution in [3.8, 4) is 17.1 Å². The lowest BCUT2D eigenvalue weighted by Gasteiger charge is -2.29. The molecule has 1 atom stereocenters. The molecule has 42 heavy (non-hydrogen) atoms. The van der Waals surface area contributed by atoms with Crippen LogP contribution in [0, 0.1) is 0 Å². The molecule has 1 aliphatic heterocycles. The molecule has 2 aromatic carbocycles. The van der Waals surface area contributed by atoms with Crippen LogP contribution < -0.4 is 19.6 Å². The van der Waals surface area contributed by atoms with Gasteiger partial charge in [0.05, 0.1) is 28.5 Å². The second-order valence-corrected chi connectivity index (χ2v) is 10.6. The van der Waals surface area contributed by atoms with Crippen LogP contribution in [0.2, 0.25) is 0 Å². The zero-order chi connectivity index (χ0) is 30.2. The van der Waals surface area contributed by atoms with Gasteiger partial charge in [0.2, 0.25) is 0 Å². The number of carbonyl (C=O) groups excluding carboxylic acids is 1. The maximum atomic E-state index is 13.9. The smallest absolute Gasteiger partial charge is 0.416 e. The summed E-state index contributed by atoms with van der Waals surface area (Å²) < 4.78 is 52.9. The number of hydrogen-bond acceptors (Lipinski definition) is 6. The number of halogens is 3. The summed E-state index contributed by atoms with van der Waals surface area (Å²) in [6.07, 6.45) is -2.95. The first-order valence-corrected chi connectivity index (χ1v) is 14.1. The van der Waals surface area contributed by atoms with E-state index < -0.39 is 17.8 Å². The lowest BCUT2D eigenvalue weighted by atomic mass is 9.94. The molecule has 0 bridgehead atoms. The minimum Gasteiger partial charge on any atom is -0.496 e. The van der Waals surface area contributed by atoms with Crippen LogP contribution in [0.1, 0.15) is 43.7 Å². The number of ether oxygens (including phenoxy) is 1. The van der Waals surface area contributed by atoms with E-state index in [1.54, 1.807) is 30.0 Å². The molecule has 0 N–H and O–H groups in total. The number of likely N-dealkylation sites (N-methyl/N-ethyl adjacent to an activating group) is 1. The third-order valence-corrected chi connectivity index (χ3v) is 8.09. The van der Waals surface area contributed by atoms with E-state index in [2.05, 4.69) is 4.99 Å². The average Bonchev–Trinajstić information content (AvgIpc) is 3.56. The molecule has 0 aliphatic carbocycles. The molecule has 0 spiro atoms. The van der Waals surface area contributed by atoms with Crippen LogP contribution in [0.3, 0.4) is 0 Å². The molecule has 0 radical (unpaired) electrons. The van der Waals surface area contributed by atoms with Crippen molar-refractivity contribution < 1.29 is 27.1 Å². The summed E-state index contributed by atoms with van der Waals surface area (Å²) in [6, 6.07) is 14.4. The third-order valence-electron chi connectivity index (χ3n) is 7.11. The van der Waals surface area contributed by atoms with Crippen LogP contribution in [0.25, 0.3) is 17.4 Å². The van der Waals surface area contributed by atoms with Crippen molar-refractivity contribution in [2.75, 3.05) is 20.2 Å². The normalized spacial score (nSPS) is 15.4. The van der Waals surface area contributed by atoms with Crippen LogP contribution in [0.5, 0.6) is 5.75 Å². The highest BCUT2D eigenvalue weighted by atomic mass is 32.1. The van der Waals surface area contributed by atoms with Gasteiger partial charge in [0.25, 0.3) is 11.5 Å². The zero-order valence-corrected chi connectivity index (χ0v) is 24.2. The Kier molecular flexibility index (Phi) is 7.96. The molecule has 11 heteroatoms. The number of hydrogen-bond donors (Lipinski definition) is 0. The van der Waals surface area contributed by atoms with Crippen LogP contribution >= 0.6 is 11.3 Å². The van der Waals surface area contributed by atoms with Gasteiger partial charge in [0.1, 0.15) is 23.3 Å². The number of nitrogens with zero attached hydrogens (tertiary/aromatic N) is 3. The molecule has 7 nitrogen and oxygen atoms in total. The van der Waals surface area contributed by atoms with Crippen molar-refractivity contribution in [3.63, 3.8) is 0 Å². The van der Waals surface area contributed by atoms with Crippen LogP contribution in [-0.4, -0.2) is 35.6 Å². The summed E-state index contributed by atoms with van der Waals surface area (Å²) in [4.78, 5) is 34.4. The standard InChI is InChI=1S/C31H28F3N3O4S/c1-5-36(6-2)29(39)26-18(3)35-30-37(27(26)22-12-7-8-13-24(22)40-4)28(38)25(42-30)17-21-14-15-23(41-21)19-10-9-11-20(16-19)31(32,33)34/h7-17,27H,5-6H2,1-4H3/b25-17+/t27-/m1/s1. The number of para-hydroxylation sites is 1. The summed E-state index contributed by atoms with van der Waals surface area (Å²) in [5.41, 5.74) is 0.615. The van der Waals surface area contributed by atoms with Gasteiger partial charge in [-0.15, -0.1) is 0 Å². The van der Waals surface area contributed by atoms with Gasteiger partial charge in [-0.3, -0.25) is 14.2 Å². The molecule has 5 rings (SSSR count). The van der Waals surface area contributed by atoms with Gasteiger partial charge >= 0.3 is 6.18 Å². The Balaban J connectivity index is 1.64. The largest absolute Gasteiger partial charge is 0.496 e. The molecule has 0 fully saturated rings. The number of aromatic nitrogens is 1. The van der Waals surface area contributed by atoms with E-state index in [-0.39, 0.29) is 28.6 Å². The van der Waals surface area contributed by atoms with Gasteiger partial charge in [-0.05, 0) is 51.1 Å². The number of benzene rings is 2. The van der Waals surface area contributed by atoms with Crippen molar-refractivity contribution in [1.29, 1.82) is 0 Å². The number of carbonyl (C=O) groups is 1. The predicted molar refractivity (Wildman–Crippen MR) is 154 cm³/mol. The minimum atomic E-state index is -4.48. The predicted octanol–water partition coefficient (Wildman–Crippen LogP) is 5.39. The second-order valence-electron chi connectivity index (χ2n) is 9.58. The van der Waals surface area contributed by atoms with Gasteiger partial charge in [-0.1, -0.05) is 41.7 Å². The number of alkyl halides is 3. The average molecular weight is 596 g/mol. The maximum absolute atomic E-state index is 13.9. The summed E-state index contributed by atoms with van der Waals surface area (Å²) in [5.74, 6) is 0.822. The molecular weight excluding hydrogens is 567 g/mol. The SMILES string of the molecule is CCN(CC)C(=O)C1=C(C)N=c2s/c(=C/c3ccc(-c4cccc(C(F)(F)F)c4)o3)c(=O)n2[C@@H]1c1ccccc1OC. The van der Waals surface area contributed by atoms with E-state index in [4.69, 9.17) is 9.15 Å². The monoisotopic (exact) mass is 595 g/mol. The van der Waals surface area contributed by atoms with Gasteiger partial charge in [0.15, 0.2) is 4.80 Å². The van der Waals surface area contributed by atoms with Crippen molar-refractivity contribution in [2.45, 2.75) is 33.0 Å². The first kappa shape index (κ1) is 29.1. The van der Waals surface area contributed by atoms with Crippen molar-refractivity contribution in [1.82, 2.24) is 9.47 Å². The van der Waals surface area contributed by atoms with E-state index in [0.717, 1.165) is 23.5 Å². The van der Waals surface area contributed by atoms with Gasteiger partial charge in [-0.25, -0.2) is 4.99 Å². The molecule has 0 saturated carbocycles. The van der Waals surface area contributed by atoms with E-state index in [1.165, 1.54) is 29.9 Å². The fraction of sp³-hybridized carbons (Fsp3) is 0.258. The molecule has 1 aliphatic rings. The number of amides is 1. The number of thiazole rings is 1. The van der Waals surface area contributed by atoms with E-state index in [0.29, 0.717) is 45.0 Å². The van der Waals surface area contributed by atoms with Crippen LogP contribution in [0.15, 0.2) is 86.1 Å². The van der Waals surface area contributed by atoms with E-state index in [1.807, 2.05) is 32.0 Å². The Morgan fingerprint density at radius 1 is 1.12 bits per heavy atom. The first-order chi connectivity index (χ1) is 20.1. The van der Waals surface area contributed by atoms with Gasteiger partial charge in [0, 0.05) is 30.3 Å². The highest BCUT2D eigenvalue weighted by molar-refractivity contribution is 7.07. The van der Waals surface area contributed by atoms with Crippen molar-refractivity contribution in [2.24, 2.45) is 4.99 Å². The highest BCUT2D eigenvalue weighted by Gasteiger charge is 2.35. The summed E-state index contributed by atoms with van der Waals surface area (Å²) in [6.45, 7) is 6.51. The Morgan fingerprint density at radius 3 is 2.55 bits per heavy atom.